The van der Waals surface area contributed by atoms with Gasteiger partial charge in [-0.2, -0.15) is 0 Å². The summed E-state index contributed by atoms with van der Waals surface area (Å²) in [6.45, 7) is 4.14. The molecule has 0 radical (unpaired) electrons. The zero-order chi connectivity index (χ0) is 10.1. The fourth-order valence-electron chi connectivity index (χ4n) is 2.42. The zero-order valence-corrected chi connectivity index (χ0v) is 8.92. The van der Waals surface area contributed by atoms with Crippen LogP contribution in [0.4, 0.5) is 0 Å². The predicted octanol–water partition coefficient (Wildman–Crippen LogP) is 1.73. The lowest BCUT2D eigenvalue weighted by atomic mass is 9.82. The Balaban J connectivity index is 2.02. The standard InChI is InChI=1S/C11H18N2O/c1-7-4-3-5-9(6-7)10-12-8(2)11(14)13-10/h7-9H,3-6H2,1-2H3,(H,12,13,14). The average Bonchev–Trinajstić information content (AvgIpc) is 2.47. The zero-order valence-electron chi connectivity index (χ0n) is 8.92. The first-order valence-corrected chi connectivity index (χ1v) is 5.55. The molecule has 2 rings (SSSR count). The minimum absolute atomic E-state index is 0.0678. The predicted molar refractivity (Wildman–Crippen MR) is 56.2 cm³/mol. The molecule has 0 spiro atoms. The van der Waals surface area contributed by atoms with Gasteiger partial charge in [-0.25, -0.2) is 0 Å². The third-order valence-electron chi connectivity index (χ3n) is 3.29. The minimum Gasteiger partial charge on any atom is -0.312 e. The van der Waals surface area contributed by atoms with Crippen LogP contribution in [0.3, 0.4) is 0 Å². The summed E-state index contributed by atoms with van der Waals surface area (Å²) in [6, 6.07) is -0.165. The molecule has 1 amide bonds. The van der Waals surface area contributed by atoms with E-state index in [1.54, 1.807) is 0 Å². The van der Waals surface area contributed by atoms with Crippen molar-refractivity contribution in [1.29, 1.82) is 0 Å². The fraction of sp³-hybridized carbons (Fsp3) is 0.818. The fourth-order valence-corrected chi connectivity index (χ4v) is 2.42. The summed E-state index contributed by atoms with van der Waals surface area (Å²) in [5, 5.41) is 2.90. The van der Waals surface area contributed by atoms with Gasteiger partial charge in [-0.1, -0.05) is 19.8 Å². The van der Waals surface area contributed by atoms with E-state index >= 15 is 0 Å². The van der Waals surface area contributed by atoms with Gasteiger partial charge in [0.25, 0.3) is 0 Å². The summed E-state index contributed by atoms with van der Waals surface area (Å²) < 4.78 is 0. The number of rotatable bonds is 1. The van der Waals surface area contributed by atoms with Crippen molar-refractivity contribution in [2.24, 2.45) is 16.8 Å². The molecule has 0 aromatic carbocycles. The third-order valence-corrected chi connectivity index (χ3v) is 3.29. The molecular formula is C11H18N2O. The van der Waals surface area contributed by atoms with E-state index in [0.29, 0.717) is 5.92 Å². The molecule has 2 aliphatic rings. The normalized spacial score (nSPS) is 38.0. The first-order valence-electron chi connectivity index (χ1n) is 5.55. The van der Waals surface area contributed by atoms with Crippen molar-refractivity contribution < 1.29 is 4.79 Å². The lowest BCUT2D eigenvalue weighted by Crippen LogP contribution is -2.34. The highest BCUT2D eigenvalue weighted by Gasteiger charge is 2.30. The number of amides is 1. The molecule has 1 heterocycles. The van der Waals surface area contributed by atoms with Gasteiger partial charge in [0.1, 0.15) is 11.9 Å². The van der Waals surface area contributed by atoms with Crippen molar-refractivity contribution in [3.8, 4) is 0 Å². The maximum Gasteiger partial charge on any atom is 0.249 e. The van der Waals surface area contributed by atoms with Crippen molar-refractivity contribution in [2.45, 2.75) is 45.6 Å². The first kappa shape index (κ1) is 9.69. The van der Waals surface area contributed by atoms with Crippen molar-refractivity contribution in [3.05, 3.63) is 0 Å². The second kappa shape index (κ2) is 3.71. The van der Waals surface area contributed by atoms with E-state index in [9.17, 15) is 4.79 Å². The molecule has 1 N–H and O–H groups in total. The Morgan fingerprint density at radius 1 is 1.36 bits per heavy atom. The first-order chi connectivity index (χ1) is 6.66. The van der Waals surface area contributed by atoms with E-state index in [-0.39, 0.29) is 11.9 Å². The molecule has 14 heavy (non-hydrogen) atoms. The molecular weight excluding hydrogens is 176 g/mol. The summed E-state index contributed by atoms with van der Waals surface area (Å²) >= 11 is 0. The van der Waals surface area contributed by atoms with Crippen LogP contribution in [0.25, 0.3) is 0 Å². The number of nitrogens with zero attached hydrogens (tertiary/aromatic N) is 1. The van der Waals surface area contributed by atoms with E-state index in [1.165, 1.54) is 25.7 Å². The lowest BCUT2D eigenvalue weighted by molar-refractivity contribution is -0.119. The molecule has 3 unspecified atom stereocenters. The molecule has 1 fully saturated rings. The molecule has 3 nitrogen and oxygen atoms in total. The number of hydrogen-bond acceptors (Lipinski definition) is 2. The van der Waals surface area contributed by atoms with Gasteiger partial charge < -0.3 is 5.32 Å². The highest BCUT2D eigenvalue weighted by Crippen LogP contribution is 2.30. The SMILES string of the molecule is CC1CCCC(C2=NC(C)C(=O)N2)C1. The lowest BCUT2D eigenvalue weighted by Gasteiger charge is -2.26. The molecule has 78 valence electrons. The molecule has 1 aliphatic carbocycles. The monoisotopic (exact) mass is 194 g/mol. The van der Waals surface area contributed by atoms with Crippen LogP contribution in [0.1, 0.15) is 39.5 Å². The smallest absolute Gasteiger partial charge is 0.249 e. The molecule has 0 aromatic rings. The van der Waals surface area contributed by atoms with Crippen LogP contribution in [-0.4, -0.2) is 17.8 Å². The van der Waals surface area contributed by atoms with Crippen LogP contribution in [0.5, 0.6) is 0 Å². The van der Waals surface area contributed by atoms with Crippen molar-refractivity contribution in [2.75, 3.05) is 0 Å². The van der Waals surface area contributed by atoms with Crippen molar-refractivity contribution >= 4 is 11.7 Å². The van der Waals surface area contributed by atoms with Crippen LogP contribution < -0.4 is 5.32 Å². The van der Waals surface area contributed by atoms with Crippen molar-refractivity contribution in [1.82, 2.24) is 5.32 Å². The average molecular weight is 194 g/mol. The van der Waals surface area contributed by atoms with E-state index in [0.717, 1.165) is 11.8 Å². The van der Waals surface area contributed by atoms with Gasteiger partial charge in [-0.3, -0.25) is 9.79 Å². The van der Waals surface area contributed by atoms with E-state index in [4.69, 9.17) is 0 Å². The van der Waals surface area contributed by atoms with Gasteiger partial charge in [0.15, 0.2) is 0 Å². The van der Waals surface area contributed by atoms with Gasteiger partial charge in [0.05, 0.1) is 0 Å². The highest BCUT2D eigenvalue weighted by molar-refractivity contribution is 6.06. The number of carbonyl (C=O) groups excluding carboxylic acids is 1. The highest BCUT2D eigenvalue weighted by atomic mass is 16.2. The molecule has 3 heteroatoms. The molecule has 0 aromatic heterocycles. The summed E-state index contributed by atoms with van der Waals surface area (Å²) in [5.41, 5.74) is 0. The van der Waals surface area contributed by atoms with Gasteiger partial charge in [0.2, 0.25) is 5.91 Å². The van der Waals surface area contributed by atoms with Gasteiger partial charge in [0, 0.05) is 5.92 Å². The Morgan fingerprint density at radius 3 is 2.71 bits per heavy atom. The number of nitrogens with one attached hydrogen (secondary N) is 1. The molecule has 0 saturated heterocycles. The van der Waals surface area contributed by atoms with Crippen LogP contribution in [0.15, 0.2) is 4.99 Å². The number of aliphatic imine (C=N–C) groups is 1. The topological polar surface area (TPSA) is 41.5 Å². The number of carbonyl (C=O) groups is 1. The molecule has 1 saturated carbocycles. The molecule has 0 bridgehead atoms. The maximum atomic E-state index is 11.3. The van der Waals surface area contributed by atoms with Crippen molar-refractivity contribution in [3.63, 3.8) is 0 Å². The summed E-state index contributed by atoms with van der Waals surface area (Å²) in [6.07, 6.45) is 4.98. The van der Waals surface area contributed by atoms with Crippen LogP contribution >= 0.6 is 0 Å². The Morgan fingerprint density at radius 2 is 2.14 bits per heavy atom. The second-order valence-electron chi connectivity index (χ2n) is 4.65. The van der Waals surface area contributed by atoms with Crippen LogP contribution in [0.2, 0.25) is 0 Å². The van der Waals surface area contributed by atoms with Gasteiger partial charge in [-0.05, 0) is 25.7 Å². The number of amidine groups is 1. The Hall–Kier alpha value is -0.860. The summed E-state index contributed by atoms with van der Waals surface area (Å²) in [7, 11) is 0. The minimum atomic E-state index is -0.165. The third kappa shape index (κ3) is 1.81. The van der Waals surface area contributed by atoms with Crippen LogP contribution in [-0.2, 0) is 4.79 Å². The second-order valence-corrected chi connectivity index (χ2v) is 4.65. The summed E-state index contributed by atoms with van der Waals surface area (Å²) in [5.74, 6) is 2.31. The number of hydrogen-bond donors (Lipinski definition) is 1. The van der Waals surface area contributed by atoms with Gasteiger partial charge in [-0.15, -0.1) is 0 Å². The maximum absolute atomic E-state index is 11.3. The van der Waals surface area contributed by atoms with Gasteiger partial charge >= 0.3 is 0 Å². The Labute approximate surface area is 85.0 Å². The van der Waals surface area contributed by atoms with E-state index in [1.807, 2.05) is 6.92 Å². The molecule has 3 atom stereocenters. The Bertz CT molecular complexity index is 272. The molecule has 1 aliphatic heterocycles. The quantitative estimate of drug-likeness (QED) is 0.678. The summed E-state index contributed by atoms with van der Waals surface area (Å²) in [4.78, 5) is 15.7. The Kier molecular flexibility index (Phi) is 2.57. The van der Waals surface area contributed by atoms with E-state index < -0.39 is 0 Å². The van der Waals surface area contributed by atoms with E-state index in [2.05, 4.69) is 17.2 Å². The van der Waals surface area contributed by atoms with Crippen LogP contribution in [0, 0.1) is 11.8 Å². The largest absolute Gasteiger partial charge is 0.312 e.